The number of hydrogen-bond donors (Lipinski definition) is 0. The molecule has 1 aromatic heterocycles. The Bertz CT molecular complexity index is 297. The SMILES string of the molecule is CC(CC=O)c1ccc(C(C)CC=O)o1. The van der Waals surface area contributed by atoms with E-state index in [0.717, 1.165) is 24.1 Å². The van der Waals surface area contributed by atoms with Crippen LogP contribution in [0.25, 0.3) is 0 Å². The van der Waals surface area contributed by atoms with Gasteiger partial charge in [0, 0.05) is 24.7 Å². The zero-order valence-electron chi connectivity index (χ0n) is 9.10. The Morgan fingerprint density at radius 2 is 1.47 bits per heavy atom. The Kier molecular flexibility index (Phi) is 4.28. The van der Waals surface area contributed by atoms with Crippen LogP contribution in [0.1, 0.15) is 50.0 Å². The van der Waals surface area contributed by atoms with E-state index in [-0.39, 0.29) is 11.8 Å². The molecule has 1 aromatic rings. The first-order valence-electron chi connectivity index (χ1n) is 5.16. The minimum atomic E-state index is 0.111. The van der Waals surface area contributed by atoms with Crippen LogP contribution in [0.15, 0.2) is 16.5 Å². The lowest BCUT2D eigenvalue weighted by molar-refractivity contribution is -0.108. The van der Waals surface area contributed by atoms with E-state index in [1.165, 1.54) is 0 Å². The summed E-state index contributed by atoms with van der Waals surface area (Å²) in [4.78, 5) is 20.7. The van der Waals surface area contributed by atoms with E-state index in [2.05, 4.69) is 0 Å². The number of hydrogen-bond acceptors (Lipinski definition) is 3. The van der Waals surface area contributed by atoms with Crippen molar-refractivity contribution in [3.8, 4) is 0 Å². The number of aldehydes is 2. The molecule has 2 atom stereocenters. The van der Waals surface area contributed by atoms with Crippen molar-refractivity contribution >= 4 is 12.6 Å². The first-order chi connectivity index (χ1) is 7.19. The van der Waals surface area contributed by atoms with Crippen LogP contribution in [-0.4, -0.2) is 12.6 Å². The average Bonchev–Trinajstić information content (AvgIpc) is 2.67. The maximum absolute atomic E-state index is 10.3. The Morgan fingerprint density at radius 1 is 1.07 bits per heavy atom. The lowest BCUT2D eigenvalue weighted by atomic mass is 10.1. The van der Waals surface area contributed by atoms with Crippen molar-refractivity contribution in [3.63, 3.8) is 0 Å². The van der Waals surface area contributed by atoms with Gasteiger partial charge in [-0.25, -0.2) is 0 Å². The Balaban J connectivity index is 2.70. The molecule has 0 saturated carbocycles. The molecule has 1 heterocycles. The molecule has 0 aromatic carbocycles. The normalized spacial score (nSPS) is 14.5. The van der Waals surface area contributed by atoms with Gasteiger partial charge in [0.05, 0.1) is 0 Å². The van der Waals surface area contributed by atoms with Crippen molar-refractivity contribution in [2.75, 3.05) is 0 Å². The van der Waals surface area contributed by atoms with Crippen LogP contribution in [-0.2, 0) is 9.59 Å². The largest absolute Gasteiger partial charge is 0.465 e. The summed E-state index contributed by atoms with van der Waals surface area (Å²) in [5, 5.41) is 0. The molecule has 0 aliphatic rings. The molecule has 3 nitrogen and oxygen atoms in total. The third kappa shape index (κ3) is 3.05. The van der Waals surface area contributed by atoms with E-state index in [1.807, 2.05) is 26.0 Å². The van der Waals surface area contributed by atoms with Gasteiger partial charge < -0.3 is 14.0 Å². The highest BCUT2D eigenvalue weighted by Gasteiger charge is 2.13. The summed E-state index contributed by atoms with van der Waals surface area (Å²) >= 11 is 0. The van der Waals surface area contributed by atoms with Gasteiger partial charge in [-0.05, 0) is 12.1 Å². The number of rotatable bonds is 6. The second-order valence-corrected chi connectivity index (χ2v) is 3.85. The van der Waals surface area contributed by atoms with Crippen LogP contribution in [0.4, 0.5) is 0 Å². The zero-order chi connectivity index (χ0) is 11.3. The van der Waals surface area contributed by atoms with Crippen LogP contribution in [0.2, 0.25) is 0 Å². The summed E-state index contributed by atoms with van der Waals surface area (Å²) in [5.74, 6) is 1.85. The van der Waals surface area contributed by atoms with E-state index in [0.29, 0.717) is 12.8 Å². The van der Waals surface area contributed by atoms with Gasteiger partial charge in [0.2, 0.25) is 0 Å². The molecule has 0 fully saturated rings. The predicted molar refractivity (Wildman–Crippen MR) is 56.9 cm³/mol. The van der Waals surface area contributed by atoms with Gasteiger partial charge in [0.15, 0.2) is 0 Å². The summed E-state index contributed by atoms with van der Waals surface area (Å²) < 4.78 is 5.59. The molecule has 0 aliphatic carbocycles. The average molecular weight is 208 g/mol. The minimum Gasteiger partial charge on any atom is -0.465 e. The molecule has 0 spiro atoms. The first kappa shape index (κ1) is 11.7. The van der Waals surface area contributed by atoms with E-state index in [9.17, 15) is 9.59 Å². The van der Waals surface area contributed by atoms with Crippen molar-refractivity contribution in [3.05, 3.63) is 23.7 Å². The van der Waals surface area contributed by atoms with Crippen molar-refractivity contribution in [1.29, 1.82) is 0 Å². The summed E-state index contributed by atoms with van der Waals surface area (Å²) in [6.45, 7) is 3.89. The van der Waals surface area contributed by atoms with Gasteiger partial charge in [0.25, 0.3) is 0 Å². The van der Waals surface area contributed by atoms with Crippen molar-refractivity contribution in [1.82, 2.24) is 0 Å². The summed E-state index contributed by atoms with van der Waals surface area (Å²) in [7, 11) is 0. The molecular formula is C12H16O3. The van der Waals surface area contributed by atoms with E-state index in [4.69, 9.17) is 4.42 Å². The van der Waals surface area contributed by atoms with Crippen molar-refractivity contribution in [2.45, 2.75) is 38.5 Å². The second-order valence-electron chi connectivity index (χ2n) is 3.85. The molecule has 0 radical (unpaired) electrons. The third-order valence-corrected chi connectivity index (χ3v) is 2.52. The Morgan fingerprint density at radius 3 is 1.80 bits per heavy atom. The standard InChI is InChI=1S/C12H16O3/c1-9(5-7-13)11-3-4-12(15-11)10(2)6-8-14/h3-4,7-10H,5-6H2,1-2H3. The Hall–Kier alpha value is -1.38. The van der Waals surface area contributed by atoms with Gasteiger partial charge in [-0.2, -0.15) is 0 Å². The molecule has 82 valence electrons. The first-order valence-corrected chi connectivity index (χ1v) is 5.16. The fraction of sp³-hybridized carbons (Fsp3) is 0.500. The fourth-order valence-corrected chi connectivity index (χ4v) is 1.42. The smallest absolute Gasteiger partial charge is 0.120 e. The molecule has 3 heteroatoms. The summed E-state index contributed by atoms with van der Waals surface area (Å²) in [6.07, 6.45) is 2.72. The quantitative estimate of drug-likeness (QED) is 0.675. The number of carbonyl (C=O) groups excluding carboxylic acids is 2. The van der Waals surface area contributed by atoms with Gasteiger partial charge >= 0.3 is 0 Å². The van der Waals surface area contributed by atoms with Gasteiger partial charge in [-0.1, -0.05) is 13.8 Å². The highest BCUT2D eigenvalue weighted by Crippen LogP contribution is 2.26. The van der Waals surface area contributed by atoms with Crippen LogP contribution in [0.5, 0.6) is 0 Å². The summed E-state index contributed by atoms with van der Waals surface area (Å²) in [6, 6.07) is 3.76. The third-order valence-electron chi connectivity index (χ3n) is 2.52. The molecule has 0 amide bonds. The maximum atomic E-state index is 10.3. The molecule has 0 saturated heterocycles. The van der Waals surface area contributed by atoms with Crippen LogP contribution >= 0.6 is 0 Å². The van der Waals surface area contributed by atoms with Crippen molar-refractivity contribution < 1.29 is 14.0 Å². The molecule has 0 N–H and O–H groups in total. The maximum Gasteiger partial charge on any atom is 0.120 e. The van der Waals surface area contributed by atoms with Crippen molar-refractivity contribution in [2.24, 2.45) is 0 Å². The van der Waals surface area contributed by atoms with Crippen LogP contribution < -0.4 is 0 Å². The molecule has 15 heavy (non-hydrogen) atoms. The van der Waals surface area contributed by atoms with E-state index in [1.54, 1.807) is 0 Å². The molecule has 1 rings (SSSR count). The predicted octanol–water partition coefficient (Wildman–Crippen LogP) is 2.66. The van der Waals surface area contributed by atoms with Gasteiger partial charge in [0.1, 0.15) is 24.1 Å². The number of furan rings is 1. The highest BCUT2D eigenvalue weighted by molar-refractivity contribution is 5.51. The molecule has 2 unspecified atom stereocenters. The highest BCUT2D eigenvalue weighted by atomic mass is 16.3. The zero-order valence-corrected chi connectivity index (χ0v) is 9.10. The minimum absolute atomic E-state index is 0.111. The summed E-state index contributed by atoms with van der Waals surface area (Å²) in [5.41, 5.74) is 0. The van der Waals surface area contributed by atoms with Gasteiger partial charge in [-0.15, -0.1) is 0 Å². The van der Waals surface area contributed by atoms with Gasteiger partial charge in [-0.3, -0.25) is 0 Å². The Labute approximate surface area is 89.5 Å². The van der Waals surface area contributed by atoms with E-state index < -0.39 is 0 Å². The van der Waals surface area contributed by atoms with E-state index >= 15 is 0 Å². The second kappa shape index (κ2) is 5.49. The monoisotopic (exact) mass is 208 g/mol. The van der Waals surface area contributed by atoms with Crippen LogP contribution in [0.3, 0.4) is 0 Å². The topological polar surface area (TPSA) is 47.3 Å². The lowest BCUT2D eigenvalue weighted by Gasteiger charge is -2.05. The number of carbonyl (C=O) groups is 2. The molecular weight excluding hydrogens is 192 g/mol. The molecule has 0 aliphatic heterocycles. The van der Waals surface area contributed by atoms with Crippen LogP contribution in [0, 0.1) is 0 Å². The fourth-order valence-electron chi connectivity index (χ4n) is 1.42. The lowest BCUT2D eigenvalue weighted by Crippen LogP contribution is -1.93. The molecule has 0 bridgehead atoms.